The van der Waals surface area contributed by atoms with E-state index in [2.05, 4.69) is 5.32 Å². The van der Waals surface area contributed by atoms with Crippen molar-refractivity contribution in [3.8, 4) is 0 Å². The first-order valence-electron chi connectivity index (χ1n) is 10.4. The Kier molecular flexibility index (Phi) is 6.34. The fourth-order valence-corrected chi connectivity index (χ4v) is 4.30. The van der Waals surface area contributed by atoms with Crippen molar-refractivity contribution in [2.45, 2.75) is 31.5 Å². The van der Waals surface area contributed by atoms with E-state index in [9.17, 15) is 28.5 Å². The molecule has 1 saturated heterocycles. The van der Waals surface area contributed by atoms with Gasteiger partial charge in [-0.25, -0.2) is 8.78 Å². The summed E-state index contributed by atoms with van der Waals surface area (Å²) >= 11 is 0. The number of amides is 2. The third kappa shape index (κ3) is 4.41. The first-order valence-corrected chi connectivity index (χ1v) is 10.4. The number of hydrogen-bond acceptors (Lipinski definition) is 6. The van der Waals surface area contributed by atoms with Crippen LogP contribution in [0.1, 0.15) is 30.0 Å². The number of benzene rings is 2. The number of hydrogen-bond donors (Lipinski definition) is 2. The second-order valence-electron chi connectivity index (χ2n) is 8.07. The molecular weight excluding hydrogens is 438 g/mol. The Morgan fingerprint density at radius 3 is 2.48 bits per heavy atom. The number of fused-ring (bicyclic) bond motifs is 1. The maximum absolute atomic E-state index is 14.1. The van der Waals surface area contributed by atoms with Gasteiger partial charge in [0, 0.05) is 31.9 Å². The Hall–Kier alpha value is -3.44. The molecule has 0 aliphatic carbocycles. The number of anilines is 1. The highest BCUT2D eigenvalue weighted by Crippen LogP contribution is 2.38. The Balaban J connectivity index is 1.68. The van der Waals surface area contributed by atoms with Crippen molar-refractivity contribution in [3.63, 3.8) is 0 Å². The highest BCUT2D eigenvalue weighted by molar-refractivity contribution is 5.99. The summed E-state index contributed by atoms with van der Waals surface area (Å²) in [5, 5.41) is 13.5. The molecule has 0 bridgehead atoms. The van der Waals surface area contributed by atoms with E-state index in [1.165, 1.54) is 23.1 Å². The smallest absolute Gasteiger partial charge is 0.269 e. The summed E-state index contributed by atoms with van der Waals surface area (Å²) in [6, 6.07) is 4.80. The maximum Gasteiger partial charge on any atom is 0.269 e. The fourth-order valence-electron chi connectivity index (χ4n) is 4.30. The number of nitrogens with zero attached hydrogens (tertiary/aromatic N) is 2. The first kappa shape index (κ1) is 22.7. The SMILES string of the molecule is NC(C(=O)N1Cc2ccc([N+](=O)[O-])cc2[C@H]1C(=O)Nc1c(F)cccc1F)C1CCOCC1. The van der Waals surface area contributed by atoms with Crippen LogP contribution in [-0.4, -0.2) is 40.9 Å². The summed E-state index contributed by atoms with van der Waals surface area (Å²) < 4.78 is 33.6. The predicted octanol–water partition coefficient (Wildman–Crippen LogP) is 2.65. The van der Waals surface area contributed by atoms with Crippen LogP contribution in [0, 0.1) is 27.7 Å². The molecule has 0 saturated carbocycles. The summed E-state index contributed by atoms with van der Waals surface area (Å²) in [4.78, 5) is 38.4. The molecule has 4 rings (SSSR count). The Morgan fingerprint density at radius 1 is 1.18 bits per heavy atom. The number of rotatable bonds is 5. The van der Waals surface area contributed by atoms with Crippen molar-refractivity contribution >= 4 is 23.2 Å². The quantitative estimate of drug-likeness (QED) is 0.522. The number of non-ortho nitro benzene ring substituents is 1. The minimum atomic E-state index is -1.34. The van der Waals surface area contributed by atoms with Crippen molar-refractivity contribution in [3.05, 3.63) is 69.3 Å². The van der Waals surface area contributed by atoms with Crippen molar-refractivity contribution in [2.24, 2.45) is 11.7 Å². The monoisotopic (exact) mass is 460 g/mol. The van der Waals surface area contributed by atoms with Gasteiger partial charge >= 0.3 is 0 Å². The van der Waals surface area contributed by atoms with Crippen LogP contribution in [0.4, 0.5) is 20.2 Å². The minimum Gasteiger partial charge on any atom is -0.381 e. The molecule has 1 fully saturated rings. The summed E-state index contributed by atoms with van der Waals surface area (Å²) in [6.45, 7) is 0.921. The van der Waals surface area contributed by atoms with Crippen molar-refractivity contribution in [1.29, 1.82) is 0 Å². The normalized spacial score (nSPS) is 19.1. The number of halogens is 2. The molecule has 2 aliphatic heterocycles. The van der Waals surface area contributed by atoms with E-state index in [-0.39, 0.29) is 23.7 Å². The van der Waals surface area contributed by atoms with E-state index in [1.54, 1.807) is 0 Å². The Bertz CT molecular complexity index is 1090. The molecule has 0 spiro atoms. The third-order valence-corrected chi connectivity index (χ3v) is 6.09. The molecule has 33 heavy (non-hydrogen) atoms. The van der Waals surface area contributed by atoms with Crippen LogP contribution in [0.5, 0.6) is 0 Å². The van der Waals surface area contributed by atoms with Gasteiger partial charge in [0.25, 0.3) is 11.6 Å². The maximum atomic E-state index is 14.1. The fraction of sp³-hybridized carbons (Fsp3) is 0.364. The lowest BCUT2D eigenvalue weighted by Gasteiger charge is -2.32. The predicted molar refractivity (Wildman–Crippen MR) is 113 cm³/mol. The number of carbonyl (C=O) groups excluding carboxylic acids is 2. The molecule has 2 aliphatic rings. The number of nitro benzene ring substituents is 1. The van der Waals surface area contributed by atoms with Crippen LogP contribution in [0.2, 0.25) is 0 Å². The standard InChI is InChI=1S/C22H22F2N4O5/c23-16-2-1-3-17(24)19(16)26-21(29)20-15-10-14(28(31)32)5-4-13(15)11-27(20)22(30)18(25)12-6-8-33-9-7-12/h1-5,10,12,18,20H,6-9,11,25H2,(H,26,29)/t18?,20-/m0/s1. The average molecular weight is 460 g/mol. The molecule has 2 heterocycles. The summed E-state index contributed by atoms with van der Waals surface area (Å²) in [7, 11) is 0. The van der Waals surface area contributed by atoms with E-state index in [0.29, 0.717) is 31.6 Å². The number of nitrogens with two attached hydrogens (primary N) is 1. The van der Waals surface area contributed by atoms with Crippen LogP contribution in [-0.2, 0) is 20.9 Å². The van der Waals surface area contributed by atoms with E-state index < -0.39 is 46.1 Å². The Labute approximate surface area is 187 Å². The molecular formula is C22H22F2N4O5. The zero-order valence-electron chi connectivity index (χ0n) is 17.5. The molecule has 11 heteroatoms. The van der Waals surface area contributed by atoms with Gasteiger partial charge < -0.3 is 20.7 Å². The van der Waals surface area contributed by atoms with Crippen LogP contribution in [0.15, 0.2) is 36.4 Å². The molecule has 0 radical (unpaired) electrons. The van der Waals surface area contributed by atoms with E-state index in [1.807, 2.05) is 0 Å². The van der Waals surface area contributed by atoms with Gasteiger partial charge in [0.2, 0.25) is 5.91 Å². The van der Waals surface area contributed by atoms with Gasteiger partial charge in [0.05, 0.1) is 11.0 Å². The molecule has 2 aromatic carbocycles. The van der Waals surface area contributed by atoms with Crippen molar-refractivity contribution in [2.75, 3.05) is 18.5 Å². The third-order valence-electron chi connectivity index (χ3n) is 6.09. The zero-order chi connectivity index (χ0) is 23.7. The number of nitro groups is 1. The summed E-state index contributed by atoms with van der Waals surface area (Å²) in [5.41, 5.74) is 6.04. The van der Waals surface area contributed by atoms with Crippen LogP contribution >= 0.6 is 0 Å². The largest absolute Gasteiger partial charge is 0.381 e. The van der Waals surface area contributed by atoms with E-state index in [0.717, 1.165) is 18.2 Å². The second-order valence-corrected chi connectivity index (χ2v) is 8.07. The molecule has 2 atom stereocenters. The minimum absolute atomic E-state index is 0.0130. The number of ether oxygens (including phenoxy) is 1. The molecule has 2 amide bonds. The van der Waals surface area contributed by atoms with Crippen molar-refractivity contribution < 1.29 is 28.0 Å². The lowest BCUT2D eigenvalue weighted by molar-refractivity contribution is -0.384. The van der Waals surface area contributed by atoms with Gasteiger partial charge in [0.15, 0.2) is 0 Å². The summed E-state index contributed by atoms with van der Waals surface area (Å²) in [6.07, 6.45) is 1.16. The molecule has 2 aromatic rings. The average Bonchev–Trinajstić information content (AvgIpc) is 3.20. The van der Waals surface area contributed by atoms with Crippen LogP contribution < -0.4 is 11.1 Å². The van der Waals surface area contributed by atoms with Gasteiger partial charge in [-0.2, -0.15) is 0 Å². The summed E-state index contributed by atoms with van der Waals surface area (Å²) in [5.74, 6) is -3.55. The second kappa shape index (κ2) is 9.20. The van der Waals surface area contributed by atoms with Crippen molar-refractivity contribution in [1.82, 2.24) is 4.90 Å². The van der Waals surface area contributed by atoms with Gasteiger partial charge in [-0.1, -0.05) is 12.1 Å². The molecule has 0 aromatic heterocycles. The first-order chi connectivity index (χ1) is 15.8. The molecule has 1 unspecified atom stereocenters. The topological polar surface area (TPSA) is 128 Å². The lowest BCUT2D eigenvalue weighted by Crippen LogP contribution is -2.50. The van der Waals surface area contributed by atoms with Gasteiger partial charge in [-0.05, 0) is 42.0 Å². The van der Waals surface area contributed by atoms with E-state index >= 15 is 0 Å². The molecule has 9 nitrogen and oxygen atoms in total. The van der Waals surface area contributed by atoms with Gasteiger partial charge in [0.1, 0.15) is 23.4 Å². The number of carbonyl (C=O) groups is 2. The van der Waals surface area contributed by atoms with E-state index in [4.69, 9.17) is 10.5 Å². The van der Waals surface area contributed by atoms with Gasteiger partial charge in [-0.15, -0.1) is 0 Å². The lowest BCUT2D eigenvalue weighted by atomic mass is 9.91. The highest BCUT2D eigenvalue weighted by atomic mass is 19.1. The highest BCUT2D eigenvalue weighted by Gasteiger charge is 2.42. The molecule has 174 valence electrons. The molecule has 3 N–H and O–H groups in total. The van der Waals surface area contributed by atoms with Crippen LogP contribution in [0.25, 0.3) is 0 Å². The van der Waals surface area contributed by atoms with Crippen LogP contribution in [0.3, 0.4) is 0 Å². The van der Waals surface area contributed by atoms with Gasteiger partial charge in [-0.3, -0.25) is 19.7 Å². The zero-order valence-corrected chi connectivity index (χ0v) is 17.5. The Morgan fingerprint density at radius 2 is 1.85 bits per heavy atom. The number of para-hydroxylation sites is 1. The number of nitrogens with one attached hydrogen (secondary N) is 1.